The number of carbonyl (C=O) groups excluding carboxylic acids is 4. The van der Waals surface area contributed by atoms with Gasteiger partial charge in [-0.05, 0) is 37.5 Å². The highest BCUT2D eigenvalue weighted by Gasteiger charge is 2.30. The van der Waals surface area contributed by atoms with Crippen LogP contribution in [0.15, 0.2) is 0 Å². The van der Waals surface area contributed by atoms with Crippen LogP contribution in [0.5, 0.6) is 0 Å². The highest BCUT2D eigenvalue weighted by atomic mass is 31.2. The monoisotopic (exact) mass is 1400 g/mol. The van der Waals surface area contributed by atoms with Gasteiger partial charge in [-0.25, -0.2) is 9.13 Å². The maximum absolute atomic E-state index is 13.1. The topological polar surface area (TPSA) is 237 Å². The van der Waals surface area contributed by atoms with Crippen molar-refractivity contribution in [1.29, 1.82) is 0 Å². The molecule has 0 rings (SSSR count). The molecule has 0 fully saturated rings. The van der Waals surface area contributed by atoms with Crippen LogP contribution in [0.25, 0.3) is 0 Å². The van der Waals surface area contributed by atoms with Crippen molar-refractivity contribution in [2.24, 2.45) is 11.8 Å². The van der Waals surface area contributed by atoms with Crippen molar-refractivity contribution < 1.29 is 80.2 Å². The Hall–Kier alpha value is -1.94. The van der Waals surface area contributed by atoms with Crippen molar-refractivity contribution in [3.63, 3.8) is 0 Å². The number of aliphatic hydroxyl groups is 1. The first-order valence-corrected chi connectivity index (χ1v) is 42.5. The SMILES string of the molecule is CCCCCCCCCCCCCCCCCCCCCCC(=O)O[C@H](COC(=O)CCCCCCCCCCCCC(C)CC)COP(=O)(O)OC[C@@H](O)COP(=O)(O)OC[C@@H](COC(=O)CCCCCCCCCC)OC(=O)CCCCCCCCCCCCC(C)C. The Labute approximate surface area is 581 Å². The Morgan fingerprint density at radius 3 is 0.800 bits per heavy atom. The van der Waals surface area contributed by atoms with Crippen LogP contribution in [-0.4, -0.2) is 96.7 Å². The van der Waals surface area contributed by atoms with Gasteiger partial charge in [0.15, 0.2) is 12.2 Å². The van der Waals surface area contributed by atoms with Crippen molar-refractivity contribution >= 4 is 39.5 Å². The molecule has 19 heteroatoms. The molecule has 0 aromatic heterocycles. The molecule has 0 aliphatic carbocycles. The Morgan fingerprint density at radius 2 is 0.537 bits per heavy atom. The fraction of sp³-hybridized carbons (Fsp3) is 0.947. The summed E-state index contributed by atoms with van der Waals surface area (Å²) in [6.07, 6.45) is 55.5. The van der Waals surface area contributed by atoms with E-state index in [2.05, 4.69) is 41.5 Å². The molecule has 0 aliphatic heterocycles. The molecular formula is C76H148O17P2. The Bertz CT molecular complexity index is 1840. The molecule has 3 N–H and O–H groups in total. The predicted molar refractivity (Wildman–Crippen MR) is 386 cm³/mol. The van der Waals surface area contributed by atoms with Crippen LogP contribution in [0.1, 0.15) is 395 Å². The number of unbranched alkanes of at least 4 members (excludes halogenated alkanes) is 44. The van der Waals surface area contributed by atoms with E-state index in [4.69, 9.17) is 37.0 Å². The quantitative estimate of drug-likeness (QED) is 0.0222. The number of hydrogen-bond acceptors (Lipinski definition) is 15. The van der Waals surface area contributed by atoms with Gasteiger partial charge < -0.3 is 33.8 Å². The van der Waals surface area contributed by atoms with Gasteiger partial charge in [0.1, 0.15) is 19.3 Å². The molecule has 6 atom stereocenters. The smallest absolute Gasteiger partial charge is 0.462 e. The van der Waals surface area contributed by atoms with Crippen molar-refractivity contribution in [1.82, 2.24) is 0 Å². The third-order valence-electron chi connectivity index (χ3n) is 18.1. The second-order valence-corrected chi connectivity index (χ2v) is 31.0. The van der Waals surface area contributed by atoms with E-state index in [1.54, 1.807) is 0 Å². The second kappa shape index (κ2) is 67.9. The van der Waals surface area contributed by atoms with Gasteiger partial charge in [0, 0.05) is 25.7 Å². The van der Waals surface area contributed by atoms with E-state index < -0.39 is 97.5 Å². The number of hydrogen-bond donors (Lipinski definition) is 3. The molecule has 95 heavy (non-hydrogen) atoms. The molecule has 17 nitrogen and oxygen atoms in total. The van der Waals surface area contributed by atoms with E-state index in [1.807, 2.05) is 0 Å². The summed E-state index contributed by atoms with van der Waals surface area (Å²) in [5.41, 5.74) is 0. The minimum atomic E-state index is -4.96. The molecule has 0 spiro atoms. The van der Waals surface area contributed by atoms with E-state index >= 15 is 0 Å². The standard InChI is InChI=1S/C76H148O17P2/c1-7-10-12-14-16-18-19-20-21-22-23-24-25-26-27-28-36-42-48-54-60-75(80)93-72(65-87-74(79)59-53-47-41-35-32-30-34-39-45-51-57-69(6)9-3)67-91-95(84,85)89-63-70(77)62-88-94(82,83)90-66-71(64-86-73(78)58-52-46-40-17-15-13-11-8-2)92-76(81)61-55-49-43-37-31-29-33-38-44-50-56-68(4)5/h68-72,77H,7-67H2,1-6H3,(H,82,83)(H,84,85)/t69?,70-,71+,72+/m0/s1. The van der Waals surface area contributed by atoms with Crippen LogP contribution < -0.4 is 0 Å². The molecule has 0 amide bonds. The van der Waals surface area contributed by atoms with Gasteiger partial charge in [0.2, 0.25) is 0 Å². The van der Waals surface area contributed by atoms with E-state index in [0.717, 1.165) is 108 Å². The van der Waals surface area contributed by atoms with Crippen molar-refractivity contribution in [3.05, 3.63) is 0 Å². The Kier molecular flexibility index (Phi) is 66.5. The summed E-state index contributed by atoms with van der Waals surface area (Å²) in [6.45, 7) is 9.59. The average Bonchev–Trinajstić information content (AvgIpc) is 1.90. The summed E-state index contributed by atoms with van der Waals surface area (Å²) in [4.78, 5) is 72.7. The van der Waals surface area contributed by atoms with E-state index in [-0.39, 0.29) is 25.7 Å². The van der Waals surface area contributed by atoms with Crippen LogP contribution in [0.4, 0.5) is 0 Å². The lowest BCUT2D eigenvalue weighted by Gasteiger charge is -2.21. The van der Waals surface area contributed by atoms with Gasteiger partial charge in [-0.15, -0.1) is 0 Å². The minimum absolute atomic E-state index is 0.106. The lowest BCUT2D eigenvalue weighted by Crippen LogP contribution is -2.30. The van der Waals surface area contributed by atoms with Crippen LogP contribution in [0.2, 0.25) is 0 Å². The number of ether oxygens (including phenoxy) is 4. The molecular weight excluding hydrogens is 1250 g/mol. The van der Waals surface area contributed by atoms with Gasteiger partial charge >= 0.3 is 39.5 Å². The zero-order valence-electron chi connectivity index (χ0n) is 62.0. The number of aliphatic hydroxyl groups excluding tert-OH is 1. The molecule has 0 aromatic carbocycles. The number of phosphoric acid groups is 2. The molecule has 0 aromatic rings. The van der Waals surface area contributed by atoms with Gasteiger partial charge in [0.05, 0.1) is 26.4 Å². The molecule has 3 unspecified atom stereocenters. The van der Waals surface area contributed by atoms with Gasteiger partial charge in [-0.2, -0.15) is 0 Å². The molecule has 564 valence electrons. The largest absolute Gasteiger partial charge is 0.472 e. The van der Waals surface area contributed by atoms with Gasteiger partial charge in [0.25, 0.3) is 0 Å². The van der Waals surface area contributed by atoms with E-state index in [9.17, 15) is 43.2 Å². The summed E-state index contributed by atoms with van der Waals surface area (Å²) >= 11 is 0. The van der Waals surface area contributed by atoms with Crippen molar-refractivity contribution in [2.45, 2.75) is 413 Å². The first-order valence-electron chi connectivity index (χ1n) is 39.5. The molecule has 0 aliphatic rings. The van der Waals surface area contributed by atoms with E-state index in [1.165, 1.54) is 205 Å². The van der Waals surface area contributed by atoms with Crippen LogP contribution in [0, 0.1) is 11.8 Å². The average molecular weight is 1400 g/mol. The Morgan fingerprint density at radius 1 is 0.305 bits per heavy atom. The minimum Gasteiger partial charge on any atom is -0.462 e. The highest BCUT2D eigenvalue weighted by Crippen LogP contribution is 2.45. The summed E-state index contributed by atoms with van der Waals surface area (Å²) < 4.78 is 68.5. The first kappa shape index (κ1) is 93.1. The predicted octanol–water partition coefficient (Wildman–Crippen LogP) is 22.3. The molecule has 0 radical (unpaired) electrons. The fourth-order valence-electron chi connectivity index (χ4n) is 11.6. The zero-order chi connectivity index (χ0) is 70.0. The lowest BCUT2D eigenvalue weighted by atomic mass is 9.99. The Balaban J connectivity index is 5.20. The molecule has 0 saturated heterocycles. The summed E-state index contributed by atoms with van der Waals surface area (Å²) in [6, 6.07) is 0. The normalized spacial score (nSPS) is 14.3. The fourth-order valence-corrected chi connectivity index (χ4v) is 13.2. The highest BCUT2D eigenvalue weighted by molar-refractivity contribution is 7.47. The lowest BCUT2D eigenvalue weighted by molar-refractivity contribution is -0.161. The van der Waals surface area contributed by atoms with Gasteiger partial charge in [-0.1, -0.05) is 343 Å². The van der Waals surface area contributed by atoms with E-state index in [0.29, 0.717) is 25.7 Å². The maximum atomic E-state index is 13.1. The number of esters is 4. The summed E-state index contributed by atoms with van der Waals surface area (Å²) in [5.74, 6) is -0.557. The van der Waals surface area contributed by atoms with Crippen LogP contribution >= 0.6 is 15.6 Å². The first-order chi connectivity index (χ1) is 45.9. The number of phosphoric ester groups is 2. The summed E-state index contributed by atoms with van der Waals surface area (Å²) in [5, 5.41) is 10.6. The third-order valence-corrected chi connectivity index (χ3v) is 20.0. The van der Waals surface area contributed by atoms with Crippen molar-refractivity contribution in [3.8, 4) is 0 Å². The number of carbonyl (C=O) groups is 4. The zero-order valence-corrected chi connectivity index (χ0v) is 63.8. The van der Waals surface area contributed by atoms with Crippen LogP contribution in [-0.2, 0) is 65.4 Å². The second-order valence-electron chi connectivity index (χ2n) is 28.1. The van der Waals surface area contributed by atoms with Crippen LogP contribution in [0.3, 0.4) is 0 Å². The maximum Gasteiger partial charge on any atom is 0.472 e. The number of rotatable bonds is 75. The third kappa shape index (κ3) is 69.0. The summed E-state index contributed by atoms with van der Waals surface area (Å²) in [7, 11) is -9.91. The molecule has 0 bridgehead atoms. The van der Waals surface area contributed by atoms with Gasteiger partial charge in [-0.3, -0.25) is 37.3 Å². The molecule has 0 heterocycles. The van der Waals surface area contributed by atoms with Crippen molar-refractivity contribution in [2.75, 3.05) is 39.6 Å². The molecule has 0 saturated carbocycles.